The van der Waals surface area contributed by atoms with Crippen LogP contribution in [-0.4, -0.2) is 15.0 Å². The minimum absolute atomic E-state index is 0.0738. The van der Waals surface area contributed by atoms with Gasteiger partial charge in [0, 0.05) is 11.6 Å². The fourth-order valence-corrected chi connectivity index (χ4v) is 2.30. The summed E-state index contributed by atoms with van der Waals surface area (Å²) in [4.78, 5) is -0.418. The van der Waals surface area contributed by atoms with Gasteiger partial charge in [-0.15, -0.1) is 0 Å². The molecule has 0 unspecified atom stereocenters. The van der Waals surface area contributed by atoms with Gasteiger partial charge in [-0.3, -0.25) is 0 Å². The average Bonchev–Trinajstić information content (AvgIpc) is 2.14. The number of rotatable bonds is 4. The molecule has 1 aromatic carbocycles. The highest BCUT2D eigenvalue weighted by molar-refractivity contribution is 7.89. The largest absolute Gasteiger partial charge is 0.243 e. The summed E-state index contributed by atoms with van der Waals surface area (Å²) in [6, 6.07) is 3.40. The van der Waals surface area contributed by atoms with Crippen LogP contribution in [0.2, 0.25) is 5.02 Å². The lowest BCUT2D eigenvalue weighted by molar-refractivity contribution is 0.559. The molecule has 0 saturated heterocycles. The SMILES string of the molecule is C=C(C)CNS(=O)(=O)c1ccc(Cl)cc1F. The van der Waals surface area contributed by atoms with Crippen LogP contribution in [0.5, 0.6) is 0 Å². The number of benzene rings is 1. The lowest BCUT2D eigenvalue weighted by Gasteiger charge is -2.07. The lowest BCUT2D eigenvalue weighted by atomic mass is 10.3. The second kappa shape index (κ2) is 4.95. The summed E-state index contributed by atoms with van der Waals surface area (Å²) < 4.78 is 38.8. The van der Waals surface area contributed by atoms with Crippen LogP contribution in [0, 0.1) is 5.82 Å². The van der Waals surface area contributed by atoms with Crippen molar-refractivity contribution in [2.75, 3.05) is 6.54 Å². The fraction of sp³-hybridized carbons (Fsp3) is 0.200. The third-order valence-corrected chi connectivity index (χ3v) is 3.42. The van der Waals surface area contributed by atoms with Gasteiger partial charge in [-0.2, -0.15) is 0 Å². The van der Waals surface area contributed by atoms with E-state index in [2.05, 4.69) is 11.3 Å². The van der Waals surface area contributed by atoms with Crippen LogP contribution < -0.4 is 4.72 Å². The van der Waals surface area contributed by atoms with E-state index >= 15 is 0 Å². The molecule has 0 radical (unpaired) electrons. The van der Waals surface area contributed by atoms with Gasteiger partial charge in [-0.05, 0) is 25.1 Å². The van der Waals surface area contributed by atoms with E-state index in [1.807, 2.05) is 0 Å². The normalized spacial score (nSPS) is 11.4. The summed E-state index contributed by atoms with van der Waals surface area (Å²) in [5.74, 6) is -0.873. The number of nitrogens with one attached hydrogen (secondary N) is 1. The number of hydrogen-bond acceptors (Lipinski definition) is 2. The molecule has 6 heteroatoms. The van der Waals surface area contributed by atoms with Crippen LogP contribution >= 0.6 is 11.6 Å². The van der Waals surface area contributed by atoms with Gasteiger partial charge < -0.3 is 0 Å². The van der Waals surface area contributed by atoms with Gasteiger partial charge in [0.1, 0.15) is 10.7 Å². The van der Waals surface area contributed by atoms with Gasteiger partial charge in [-0.1, -0.05) is 23.8 Å². The second-order valence-electron chi connectivity index (χ2n) is 3.36. The van der Waals surface area contributed by atoms with Gasteiger partial charge >= 0.3 is 0 Å². The minimum atomic E-state index is -3.85. The van der Waals surface area contributed by atoms with E-state index in [4.69, 9.17) is 11.6 Å². The van der Waals surface area contributed by atoms with Crippen LogP contribution in [-0.2, 0) is 10.0 Å². The molecule has 0 amide bonds. The second-order valence-corrected chi connectivity index (χ2v) is 5.53. The van der Waals surface area contributed by atoms with Gasteiger partial charge in [0.25, 0.3) is 0 Å². The third-order valence-electron chi connectivity index (χ3n) is 1.75. The van der Waals surface area contributed by atoms with Crippen molar-refractivity contribution in [2.45, 2.75) is 11.8 Å². The predicted molar refractivity (Wildman–Crippen MR) is 61.4 cm³/mol. The Morgan fingerprint density at radius 2 is 2.19 bits per heavy atom. The Labute approximate surface area is 99.0 Å². The molecule has 0 aliphatic carbocycles. The summed E-state index contributed by atoms with van der Waals surface area (Å²) in [6.07, 6.45) is 0. The van der Waals surface area contributed by atoms with E-state index < -0.39 is 20.7 Å². The summed E-state index contributed by atoms with van der Waals surface area (Å²) in [5, 5.41) is 0.149. The van der Waals surface area contributed by atoms with Crippen molar-refractivity contribution in [3.05, 3.63) is 41.2 Å². The number of sulfonamides is 1. The zero-order chi connectivity index (χ0) is 12.3. The quantitative estimate of drug-likeness (QED) is 0.848. The molecule has 3 nitrogen and oxygen atoms in total. The molecule has 1 N–H and O–H groups in total. The molecule has 0 fully saturated rings. The van der Waals surface area contributed by atoms with Crippen LogP contribution in [0.3, 0.4) is 0 Å². The topological polar surface area (TPSA) is 46.2 Å². The smallest absolute Gasteiger partial charge is 0.207 e. The Morgan fingerprint density at radius 1 is 1.56 bits per heavy atom. The molecule has 88 valence electrons. The highest BCUT2D eigenvalue weighted by Gasteiger charge is 2.18. The Balaban J connectivity index is 3.03. The van der Waals surface area contributed by atoms with E-state index in [0.717, 1.165) is 12.1 Å². The van der Waals surface area contributed by atoms with Crippen LogP contribution in [0.25, 0.3) is 0 Å². The molecule has 16 heavy (non-hydrogen) atoms. The first-order valence-electron chi connectivity index (χ1n) is 4.42. The molecule has 0 saturated carbocycles. The summed E-state index contributed by atoms with van der Waals surface area (Å²) >= 11 is 5.53. The van der Waals surface area contributed by atoms with Crippen molar-refractivity contribution in [3.8, 4) is 0 Å². The minimum Gasteiger partial charge on any atom is -0.207 e. The summed E-state index contributed by atoms with van der Waals surface area (Å²) in [7, 11) is -3.85. The highest BCUT2D eigenvalue weighted by Crippen LogP contribution is 2.18. The maximum Gasteiger partial charge on any atom is 0.243 e. The lowest BCUT2D eigenvalue weighted by Crippen LogP contribution is -2.26. The monoisotopic (exact) mass is 263 g/mol. The van der Waals surface area contributed by atoms with E-state index in [-0.39, 0.29) is 11.6 Å². The molecule has 0 spiro atoms. The molecule has 0 heterocycles. The van der Waals surface area contributed by atoms with Crippen molar-refractivity contribution in [3.63, 3.8) is 0 Å². The highest BCUT2D eigenvalue weighted by atomic mass is 35.5. The summed E-state index contributed by atoms with van der Waals surface area (Å²) in [6.45, 7) is 5.29. The first-order valence-corrected chi connectivity index (χ1v) is 6.28. The first-order chi connectivity index (χ1) is 7.33. The van der Waals surface area contributed by atoms with E-state index in [1.165, 1.54) is 6.07 Å². The van der Waals surface area contributed by atoms with Crippen molar-refractivity contribution < 1.29 is 12.8 Å². The zero-order valence-corrected chi connectivity index (χ0v) is 10.2. The predicted octanol–water partition coefficient (Wildman–Crippen LogP) is 2.33. The van der Waals surface area contributed by atoms with E-state index in [0.29, 0.717) is 5.57 Å². The Hall–Kier alpha value is -0.910. The van der Waals surface area contributed by atoms with E-state index in [9.17, 15) is 12.8 Å². The Bertz CT molecular complexity index is 514. The molecule has 1 aromatic rings. The van der Waals surface area contributed by atoms with Gasteiger partial charge in [-0.25, -0.2) is 17.5 Å². The van der Waals surface area contributed by atoms with Crippen molar-refractivity contribution in [1.29, 1.82) is 0 Å². The standard InChI is InChI=1S/C10H11ClFNO2S/c1-7(2)6-13-16(14,15)10-4-3-8(11)5-9(10)12/h3-5,13H,1,6H2,2H3. The molecule has 0 aliphatic rings. The van der Waals surface area contributed by atoms with Crippen molar-refractivity contribution in [1.82, 2.24) is 4.72 Å². The summed E-state index contributed by atoms with van der Waals surface area (Å²) in [5.41, 5.74) is 0.637. The maximum atomic E-state index is 13.3. The molecule has 0 aliphatic heterocycles. The Kier molecular flexibility index (Phi) is 4.07. The van der Waals surface area contributed by atoms with Crippen LogP contribution in [0.4, 0.5) is 4.39 Å². The van der Waals surface area contributed by atoms with E-state index in [1.54, 1.807) is 6.92 Å². The fourth-order valence-electron chi connectivity index (χ4n) is 0.989. The molecular weight excluding hydrogens is 253 g/mol. The van der Waals surface area contributed by atoms with Crippen molar-refractivity contribution in [2.24, 2.45) is 0 Å². The average molecular weight is 264 g/mol. The van der Waals surface area contributed by atoms with Gasteiger partial charge in [0.2, 0.25) is 10.0 Å². The number of hydrogen-bond donors (Lipinski definition) is 1. The molecule has 1 rings (SSSR count). The number of halogens is 2. The zero-order valence-electron chi connectivity index (χ0n) is 8.63. The molecular formula is C10H11ClFNO2S. The third kappa shape index (κ3) is 3.30. The van der Waals surface area contributed by atoms with Crippen molar-refractivity contribution >= 4 is 21.6 Å². The van der Waals surface area contributed by atoms with Crippen LogP contribution in [0.1, 0.15) is 6.92 Å². The van der Waals surface area contributed by atoms with Gasteiger partial charge in [0.05, 0.1) is 0 Å². The molecule has 0 aromatic heterocycles. The first kappa shape index (κ1) is 13.2. The maximum absolute atomic E-state index is 13.3. The van der Waals surface area contributed by atoms with Gasteiger partial charge in [0.15, 0.2) is 0 Å². The molecule has 0 atom stereocenters. The molecule has 0 bridgehead atoms. The van der Waals surface area contributed by atoms with Crippen LogP contribution in [0.15, 0.2) is 35.2 Å². The Morgan fingerprint density at radius 3 is 2.69 bits per heavy atom.